The molecule has 0 atom stereocenters. The minimum atomic E-state index is -0.454. The molecule has 0 unspecified atom stereocenters. The second kappa shape index (κ2) is 7.83. The van der Waals surface area contributed by atoms with Gasteiger partial charge >= 0.3 is 5.63 Å². The van der Waals surface area contributed by atoms with Gasteiger partial charge in [-0.25, -0.2) is 4.79 Å². The first-order chi connectivity index (χ1) is 12.2. The Morgan fingerprint density at radius 1 is 0.880 bits per heavy atom. The largest absolute Gasteiger partial charge is 0.467 e. The molecule has 25 heavy (non-hydrogen) atoms. The van der Waals surface area contributed by atoms with Gasteiger partial charge in [0.15, 0.2) is 13.6 Å². The fraction of sp³-hybridized carbons (Fsp3) is 0.211. The monoisotopic (exact) mass is 342 g/mol. The van der Waals surface area contributed by atoms with E-state index in [1.54, 1.807) is 30.3 Å². The lowest BCUT2D eigenvalue weighted by atomic mass is 10.0. The summed E-state index contributed by atoms with van der Waals surface area (Å²) >= 11 is 0. The van der Waals surface area contributed by atoms with E-state index in [0.717, 1.165) is 5.39 Å². The molecule has 0 radical (unpaired) electrons. The predicted octanol–water partition coefficient (Wildman–Crippen LogP) is 3.43. The summed E-state index contributed by atoms with van der Waals surface area (Å²) in [6, 6.07) is 14.3. The minimum absolute atomic E-state index is 0.0934. The Labute approximate surface area is 144 Å². The van der Waals surface area contributed by atoms with Crippen LogP contribution in [0.1, 0.15) is 0 Å². The SMILES string of the molecule is COCOc1ccc2cc(-c3ccccc3OCOC)c(=O)oc2c1. The van der Waals surface area contributed by atoms with E-state index in [9.17, 15) is 4.79 Å². The number of benzene rings is 2. The molecule has 1 aromatic heterocycles. The van der Waals surface area contributed by atoms with Gasteiger partial charge in [-0.1, -0.05) is 18.2 Å². The van der Waals surface area contributed by atoms with Crippen molar-refractivity contribution < 1.29 is 23.4 Å². The van der Waals surface area contributed by atoms with E-state index in [-0.39, 0.29) is 13.6 Å². The first-order valence-electron chi connectivity index (χ1n) is 7.63. The lowest BCUT2D eigenvalue weighted by molar-refractivity contribution is 0.0511. The molecule has 0 aliphatic heterocycles. The van der Waals surface area contributed by atoms with E-state index in [2.05, 4.69) is 0 Å². The molecule has 0 saturated carbocycles. The zero-order valence-electron chi connectivity index (χ0n) is 14.0. The van der Waals surface area contributed by atoms with Crippen LogP contribution in [0.15, 0.2) is 57.7 Å². The summed E-state index contributed by atoms with van der Waals surface area (Å²) in [4.78, 5) is 12.5. The van der Waals surface area contributed by atoms with E-state index < -0.39 is 5.63 Å². The van der Waals surface area contributed by atoms with E-state index in [0.29, 0.717) is 28.2 Å². The van der Waals surface area contributed by atoms with Gasteiger partial charge in [0.1, 0.15) is 17.1 Å². The third kappa shape index (κ3) is 3.81. The third-order valence-corrected chi connectivity index (χ3v) is 3.56. The molecule has 0 aliphatic carbocycles. The van der Waals surface area contributed by atoms with Crippen molar-refractivity contribution in [3.8, 4) is 22.6 Å². The van der Waals surface area contributed by atoms with Gasteiger partial charge in [0, 0.05) is 31.2 Å². The fourth-order valence-electron chi connectivity index (χ4n) is 2.43. The molecule has 1 heterocycles. The third-order valence-electron chi connectivity index (χ3n) is 3.56. The molecule has 6 heteroatoms. The average Bonchev–Trinajstić information content (AvgIpc) is 2.64. The minimum Gasteiger partial charge on any atom is -0.467 e. The van der Waals surface area contributed by atoms with E-state index in [4.69, 9.17) is 23.4 Å². The lowest BCUT2D eigenvalue weighted by Gasteiger charge is -2.11. The summed E-state index contributed by atoms with van der Waals surface area (Å²) in [5.74, 6) is 1.12. The Morgan fingerprint density at radius 3 is 2.44 bits per heavy atom. The van der Waals surface area contributed by atoms with Crippen molar-refractivity contribution in [3.05, 3.63) is 59.0 Å². The second-order valence-corrected chi connectivity index (χ2v) is 5.25. The standard InChI is InChI=1S/C19H18O6/c1-21-11-23-14-8-7-13-9-16(19(20)25-18(13)10-14)15-5-3-4-6-17(15)24-12-22-2/h3-10H,11-12H2,1-2H3. The molecule has 0 aliphatic rings. The summed E-state index contributed by atoms with van der Waals surface area (Å²) < 4.78 is 26.2. The number of para-hydroxylation sites is 1. The van der Waals surface area contributed by atoms with Crippen molar-refractivity contribution >= 4 is 11.0 Å². The number of methoxy groups -OCH3 is 2. The summed E-state index contributed by atoms with van der Waals surface area (Å²) in [6.45, 7) is 0.216. The quantitative estimate of drug-likeness (QED) is 0.484. The van der Waals surface area contributed by atoms with Gasteiger partial charge in [-0.05, 0) is 24.3 Å². The zero-order valence-corrected chi connectivity index (χ0v) is 14.0. The Morgan fingerprint density at radius 2 is 1.64 bits per heavy atom. The van der Waals surface area contributed by atoms with Crippen molar-refractivity contribution in [1.82, 2.24) is 0 Å². The average molecular weight is 342 g/mol. The Balaban J connectivity index is 2.03. The Hall–Kier alpha value is -2.83. The second-order valence-electron chi connectivity index (χ2n) is 5.25. The van der Waals surface area contributed by atoms with Crippen LogP contribution in [-0.2, 0) is 9.47 Å². The van der Waals surface area contributed by atoms with Gasteiger partial charge < -0.3 is 23.4 Å². The molecule has 130 valence electrons. The van der Waals surface area contributed by atoms with Gasteiger partial charge in [0.05, 0.1) is 5.56 Å². The van der Waals surface area contributed by atoms with Crippen LogP contribution in [0.5, 0.6) is 11.5 Å². The van der Waals surface area contributed by atoms with Gasteiger partial charge in [-0.15, -0.1) is 0 Å². The van der Waals surface area contributed by atoms with E-state index in [1.807, 2.05) is 18.2 Å². The zero-order chi connectivity index (χ0) is 17.6. The molecule has 0 saturated heterocycles. The molecule has 0 fully saturated rings. The molecule has 2 aromatic carbocycles. The number of ether oxygens (including phenoxy) is 4. The highest BCUT2D eigenvalue weighted by Gasteiger charge is 2.13. The van der Waals surface area contributed by atoms with Crippen LogP contribution in [0.2, 0.25) is 0 Å². The van der Waals surface area contributed by atoms with Crippen LogP contribution in [0.4, 0.5) is 0 Å². The van der Waals surface area contributed by atoms with Gasteiger partial charge in [-0.3, -0.25) is 0 Å². The van der Waals surface area contributed by atoms with Crippen LogP contribution in [0, 0.1) is 0 Å². The maximum Gasteiger partial charge on any atom is 0.344 e. The highest BCUT2D eigenvalue weighted by atomic mass is 16.7. The molecule has 3 rings (SSSR count). The number of hydrogen-bond donors (Lipinski definition) is 0. The van der Waals surface area contributed by atoms with Crippen LogP contribution in [0.25, 0.3) is 22.1 Å². The highest BCUT2D eigenvalue weighted by molar-refractivity contribution is 5.84. The number of fused-ring (bicyclic) bond motifs is 1. The van der Waals surface area contributed by atoms with Crippen molar-refractivity contribution in [2.24, 2.45) is 0 Å². The van der Waals surface area contributed by atoms with Crippen LogP contribution >= 0.6 is 0 Å². The fourth-order valence-corrected chi connectivity index (χ4v) is 2.43. The summed E-state index contributed by atoms with van der Waals surface area (Å²) in [7, 11) is 3.08. The summed E-state index contributed by atoms with van der Waals surface area (Å²) in [5, 5.41) is 0.779. The normalized spacial score (nSPS) is 10.8. The van der Waals surface area contributed by atoms with Crippen LogP contribution < -0.4 is 15.1 Å². The lowest BCUT2D eigenvalue weighted by Crippen LogP contribution is -2.06. The molecular weight excluding hydrogens is 324 g/mol. The molecule has 6 nitrogen and oxygen atoms in total. The van der Waals surface area contributed by atoms with E-state index in [1.165, 1.54) is 14.2 Å². The predicted molar refractivity (Wildman–Crippen MR) is 92.9 cm³/mol. The van der Waals surface area contributed by atoms with Crippen molar-refractivity contribution in [2.75, 3.05) is 27.8 Å². The molecule has 0 bridgehead atoms. The van der Waals surface area contributed by atoms with Crippen LogP contribution in [0.3, 0.4) is 0 Å². The number of hydrogen-bond acceptors (Lipinski definition) is 6. The molecular formula is C19H18O6. The topological polar surface area (TPSA) is 67.1 Å². The Kier molecular flexibility index (Phi) is 5.33. The van der Waals surface area contributed by atoms with Gasteiger partial charge in [-0.2, -0.15) is 0 Å². The van der Waals surface area contributed by atoms with Gasteiger partial charge in [0.25, 0.3) is 0 Å². The molecule has 0 spiro atoms. The smallest absolute Gasteiger partial charge is 0.344 e. The molecule has 0 amide bonds. The molecule has 3 aromatic rings. The van der Waals surface area contributed by atoms with Crippen LogP contribution in [-0.4, -0.2) is 27.8 Å². The summed E-state index contributed by atoms with van der Waals surface area (Å²) in [5.41, 5.74) is 1.06. The van der Waals surface area contributed by atoms with Crippen molar-refractivity contribution in [2.45, 2.75) is 0 Å². The maximum absolute atomic E-state index is 12.5. The Bertz CT molecular complexity index is 915. The highest BCUT2D eigenvalue weighted by Crippen LogP contribution is 2.30. The molecule has 0 N–H and O–H groups in total. The van der Waals surface area contributed by atoms with Gasteiger partial charge in [0.2, 0.25) is 0 Å². The summed E-state index contributed by atoms with van der Waals surface area (Å²) in [6.07, 6.45) is 0. The van der Waals surface area contributed by atoms with Crippen molar-refractivity contribution in [3.63, 3.8) is 0 Å². The van der Waals surface area contributed by atoms with E-state index >= 15 is 0 Å². The number of rotatable bonds is 7. The maximum atomic E-state index is 12.5. The first kappa shape index (κ1) is 17.0. The van der Waals surface area contributed by atoms with Crippen molar-refractivity contribution in [1.29, 1.82) is 0 Å². The first-order valence-corrected chi connectivity index (χ1v) is 7.63.